The van der Waals surface area contributed by atoms with Gasteiger partial charge in [-0.25, -0.2) is 0 Å². The highest BCUT2D eigenvalue weighted by Gasteiger charge is 2.27. The number of hydrogen-bond donors (Lipinski definition) is 1. The molecule has 1 heteroatoms. The third kappa shape index (κ3) is 4.38. The van der Waals surface area contributed by atoms with Crippen molar-refractivity contribution >= 4 is 0 Å². The van der Waals surface area contributed by atoms with E-state index in [1.807, 2.05) is 6.08 Å². The van der Waals surface area contributed by atoms with Gasteiger partial charge in [-0.2, -0.15) is 0 Å². The first kappa shape index (κ1) is 12.8. The van der Waals surface area contributed by atoms with E-state index in [0.717, 1.165) is 18.5 Å². The van der Waals surface area contributed by atoms with Gasteiger partial charge in [0, 0.05) is 12.6 Å². The summed E-state index contributed by atoms with van der Waals surface area (Å²) in [6.45, 7) is 11.9. The van der Waals surface area contributed by atoms with Crippen LogP contribution in [0.3, 0.4) is 0 Å². The largest absolute Gasteiger partial charge is 0.311 e. The van der Waals surface area contributed by atoms with Crippen LogP contribution in [0.5, 0.6) is 0 Å². The van der Waals surface area contributed by atoms with E-state index in [1.165, 1.54) is 32.1 Å². The Balaban J connectivity index is 2.38. The van der Waals surface area contributed by atoms with Crippen LogP contribution < -0.4 is 5.32 Å². The Morgan fingerprint density at radius 3 is 2.53 bits per heavy atom. The van der Waals surface area contributed by atoms with Crippen LogP contribution in [-0.4, -0.2) is 12.6 Å². The van der Waals surface area contributed by atoms with E-state index in [1.54, 1.807) is 0 Å². The van der Waals surface area contributed by atoms with Gasteiger partial charge in [-0.1, -0.05) is 33.3 Å². The van der Waals surface area contributed by atoms with Crippen LogP contribution in [0.2, 0.25) is 0 Å². The van der Waals surface area contributed by atoms with Crippen LogP contribution >= 0.6 is 0 Å². The molecule has 0 aliphatic heterocycles. The lowest BCUT2D eigenvalue weighted by Gasteiger charge is -2.29. The molecule has 1 saturated carbocycles. The van der Waals surface area contributed by atoms with Gasteiger partial charge >= 0.3 is 0 Å². The molecule has 2 unspecified atom stereocenters. The molecular weight excluding hydrogens is 182 g/mol. The topological polar surface area (TPSA) is 12.0 Å². The van der Waals surface area contributed by atoms with Gasteiger partial charge in [-0.15, -0.1) is 6.58 Å². The maximum absolute atomic E-state index is 3.76. The highest BCUT2D eigenvalue weighted by molar-refractivity contribution is 4.82. The summed E-state index contributed by atoms with van der Waals surface area (Å²) < 4.78 is 0. The molecule has 1 aliphatic rings. The minimum absolute atomic E-state index is 0.493. The molecule has 15 heavy (non-hydrogen) atoms. The summed E-state index contributed by atoms with van der Waals surface area (Å²) in [5.74, 6) is 0.910. The van der Waals surface area contributed by atoms with E-state index in [0.29, 0.717) is 5.41 Å². The normalized spacial score (nSPS) is 28.5. The quantitative estimate of drug-likeness (QED) is 0.551. The summed E-state index contributed by atoms with van der Waals surface area (Å²) in [4.78, 5) is 0. The molecule has 0 aromatic carbocycles. The standard InChI is InChI=1S/C14H27N/c1-5-11-15-13-8-6-7-12(9-10-13)14(2,3)4/h5,12-13,15H,1,6-11H2,2-4H3. The highest BCUT2D eigenvalue weighted by Crippen LogP contribution is 2.36. The third-order valence-electron chi connectivity index (χ3n) is 3.74. The smallest absolute Gasteiger partial charge is 0.0134 e. The van der Waals surface area contributed by atoms with Gasteiger partial charge in [0.1, 0.15) is 0 Å². The zero-order chi connectivity index (χ0) is 11.3. The minimum Gasteiger partial charge on any atom is -0.311 e. The van der Waals surface area contributed by atoms with Crippen molar-refractivity contribution in [1.82, 2.24) is 5.32 Å². The molecule has 0 radical (unpaired) electrons. The van der Waals surface area contributed by atoms with E-state index in [4.69, 9.17) is 0 Å². The molecule has 1 N–H and O–H groups in total. The fourth-order valence-electron chi connectivity index (χ4n) is 2.62. The molecule has 1 aliphatic carbocycles. The van der Waals surface area contributed by atoms with Crippen LogP contribution in [0.1, 0.15) is 52.9 Å². The van der Waals surface area contributed by atoms with Gasteiger partial charge in [0.25, 0.3) is 0 Å². The maximum Gasteiger partial charge on any atom is 0.0134 e. The number of hydrogen-bond acceptors (Lipinski definition) is 1. The van der Waals surface area contributed by atoms with Gasteiger partial charge in [0.2, 0.25) is 0 Å². The Morgan fingerprint density at radius 1 is 1.20 bits per heavy atom. The summed E-state index contributed by atoms with van der Waals surface area (Å²) in [6.07, 6.45) is 8.84. The van der Waals surface area contributed by atoms with Crippen molar-refractivity contribution in [3.8, 4) is 0 Å². The van der Waals surface area contributed by atoms with Gasteiger partial charge in [-0.3, -0.25) is 0 Å². The molecule has 88 valence electrons. The van der Waals surface area contributed by atoms with Gasteiger partial charge in [0.15, 0.2) is 0 Å². The molecule has 0 amide bonds. The molecule has 0 bridgehead atoms. The number of nitrogens with one attached hydrogen (secondary N) is 1. The van der Waals surface area contributed by atoms with Crippen LogP contribution in [0, 0.1) is 11.3 Å². The Bertz CT molecular complexity index is 190. The summed E-state index contributed by atoms with van der Waals surface area (Å²) in [7, 11) is 0. The molecular formula is C14H27N. The second-order valence-electron chi connectivity index (χ2n) is 5.97. The van der Waals surface area contributed by atoms with Crippen LogP contribution in [0.15, 0.2) is 12.7 Å². The maximum atomic E-state index is 3.76. The van der Waals surface area contributed by atoms with E-state index in [9.17, 15) is 0 Å². The summed E-state index contributed by atoms with van der Waals surface area (Å²) >= 11 is 0. The molecule has 1 rings (SSSR count). The first-order chi connectivity index (χ1) is 7.04. The monoisotopic (exact) mass is 209 g/mol. The Morgan fingerprint density at radius 2 is 1.93 bits per heavy atom. The zero-order valence-corrected chi connectivity index (χ0v) is 10.7. The first-order valence-corrected chi connectivity index (χ1v) is 6.38. The van der Waals surface area contributed by atoms with Gasteiger partial charge < -0.3 is 5.32 Å². The van der Waals surface area contributed by atoms with Crippen molar-refractivity contribution in [2.45, 2.75) is 58.9 Å². The Kier molecular flexibility index (Phi) is 4.85. The highest BCUT2D eigenvalue weighted by atomic mass is 14.9. The third-order valence-corrected chi connectivity index (χ3v) is 3.74. The minimum atomic E-state index is 0.493. The second-order valence-corrected chi connectivity index (χ2v) is 5.97. The molecule has 1 nitrogen and oxygen atoms in total. The molecule has 0 heterocycles. The summed E-state index contributed by atoms with van der Waals surface area (Å²) in [6, 6.07) is 0.732. The number of rotatable bonds is 3. The first-order valence-electron chi connectivity index (χ1n) is 6.38. The van der Waals surface area contributed by atoms with Gasteiger partial charge in [-0.05, 0) is 37.0 Å². The fraction of sp³-hybridized carbons (Fsp3) is 0.857. The van der Waals surface area contributed by atoms with E-state index >= 15 is 0 Å². The lowest BCUT2D eigenvalue weighted by molar-refractivity contribution is 0.213. The average molecular weight is 209 g/mol. The van der Waals surface area contributed by atoms with Crippen LogP contribution in [-0.2, 0) is 0 Å². The van der Waals surface area contributed by atoms with Crippen molar-refractivity contribution in [2.75, 3.05) is 6.54 Å². The second kappa shape index (κ2) is 5.69. The molecule has 1 fully saturated rings. The molecule has 0 saturated heterocycles. The molecule has 2 atom stereocenters. The van der Waals surface area contributed by atoms with Gasteiger partial charge in [0.05, 0.1) is 0 Å². The zero-order valence-electron chi connectivity index (χ0n) is 10.7. The van der Waals surface area contributed by atoms with E-state index in [2.05, 4.69) is 32.7 Å². The predicted octanol–water partition coefficient (Wildman–Crippen LogP) is 3.76. The predicted molar refractivity (Wildman–Crippen MR) is 68.0 cm³/mol. The van der Waals surface area contributed by atoms with Crippen LogP contribution in [0.25, 0.3) is 0 Å². The molecule has 0 aromatic heterocycles. The molecule has 0 aromatic rings. The van der Waals surface area contributed by atoms with E-state index < -0.39 is 0 Å². The summed E-state index contributed by atoms with van der Waals surface area (Å²) in [5.41, 5.74) is 0.493. The van der Waals surface area contributed by atoms with Crippen molar-refractivity contribution < 1.29 is 0 Å². The molecule has 0 spiro atoms. The average Bonchev–Trinajstić information content (AvgIpc) is 2.38. The SMILES string of the molecule is C=CCNC1CCCC(C(C)(C)C)CC1. The fourth-order valence-corrected chi connectivity index (χ4v) is 2.62. The van der Waals surface area contributed by atoms with E-state index in [-0.39, 0.29) is 0 Å². The van der Waals surface area contributed by atoms with Crippen molar-refractivity contribution in [3.05, 3.63) is 12.7 Å². The summed E-state index contributed by atoms with van der Waals surface area (Å²) in [5, 5.41) is 3.57. The Labute approximate surface area is 95.3 Å². The van der Waals surface area contributed by atoms with Crippen molar-refractivity contribution in [2.24, 2.45) is 11.3 Å². The van der Waals surface area contributed by atoms with Crippen LogP contribution in [0.4, 0.5) is 0 Å². The lowest BCUT2D eigenvalue weighted by Crippen LogP contribution is -2.28. The Hall–Kier alpha value is -0.300. The van der Waals surface area contributed by atoms with Crippen molar-refractivity contribution in [3.63, 3.8) is 0 Å². The lowest BCUT2D eigenvalue weighted by atomic mass is 9.76. The van der Waals surface area contributed by atoms with Crippen molar-refractivity contribution in [1.29, 1.82) is 0 Å².